The number of hydrogen-bond donors (Lipinski definition) is 2. The van der Waals surface area contributed by atoms with Crippen molar-refractivity contribution in [2.45, 2.75) is 41.5 Å². The zero-order valence-corrected chi connectivity index (χ0v) is 25.9. The van der Waals surface area contributed by atoms with Gasteiger partial charge in [-0.1, -0.05) is 24.6 Å². The monoisotopic (exact) mass is 641 g/mol. The summed E-state index contributed by atoms with van der Waals surface area (Å²) in [5, 5.41) is 11.9. The van der Waals surface area contributed by atoms with Crippen LogP contribution in [0.4, 0.5) is 5.69 Å². The molecule has 10 nitrogen and oxygen atoms in total. The molecule has 1 amide bonds. The van der Waals surface area contributed by atoms with Gasteiger partial charge in [0, 0.05) is 35.8 Å². The first-order valence-corrected chi connectivity index (χ1v) is 17.0. The van der Waals surface area contributed by atoms with Gasteiger partial charge in [-0.15, -0.1) is 11.3 Å². The van der Waals surface area contributed by atoms with Gasteiger partial charge in [0.05, 0.1) is 30.5 Å². The number of rotatable bonds is 9. The van der Waals surface area contributed by atoms with Gasteiger partial charge in [-0.25, -0.2) is 16.8 Å². The standard InChI is InChI=1S/C27H32ClN3O7S3/c1-18-15-31(19(2)17-32)26(33)14-20-13-22(29-40(34,35)27-5-4-12-39-27)8-11-24(20)38-25(18)16-30(3)41(36,37)23-9-6-21(28)7-10-23/h4-13,18-19,25,29,32H,14-17H2,1-3H3/t18-,19-,25+/m0/s1. The Morgan fingerprint density at radius 2 is 1.88 bits per heavy atom. The topological polar surface area (TPSA) is 133 Å². The molecule has 2 heterocycles. The Kier molecular flexibility index (Phi) is 9.66. The lowest BCUT2D eigenvalue weighted by molar-refractivity contribution is -0.134. The van der Waals surface area contributed by atoms with E-state index in [1.807, 2.05) is 6.92 Å². The molecule has 0 aliphatic carbocycles. The summed E-state index contributed by atoms with van der Waals surface area (Å²) in [6.07, 6.45) is -0.791. The Morgan fingerprint density at radius 3 is 2.51 bits per heavy atom. The predicted molar refractivity (Wildman–Crippen MR) is 158 cm³/mol. The smallest absolute Gasteiger partial charge is 0.271 e. The maximum Gasteiger partial charge on any atom is 0.271 e. The van der Waals surface area contributed by atoms with Gasteiger partial charge in [0.1, 0.15) is 16.1 Å². The van der Waals surface area contributed by atoms with Crippen LogP contribution in [0.15, 0.2) is 69.1 Å². The lowest BCUT2D eigenvalue weighted by Gasteiger charge is -2.33. The number of ether oxygens (including phenoxy) is 1. The minimum atomic E-state index is -3.88. The molecule has 0 saturated carbocycles. The van der Waals surface area contributed by atoms with Crippen LogP contribution in [-0.4, -0.2) is 75.9 Å². The van der Waals surface area contributed by atoms with E-state index in [0.717, 1.165) is 11.3 Å². The Balaban J connectivity index is 1.68. The van der Waals surface area contributed by atoms with Crippen LogP contribution >= 0.6 is 22.9 Å². The fourth-order valence-electron chi connectivity index (χ4n) is 4.47. The molecular formula is C27H32ClN3O7S3. The van der Waals surface area contributed by atoms with Crippen molar-refractivity contribution in [3.8, 4) is 5.75 Å². The molecule has 1 aliphatic rings. The minimum Gasteiger partial charge on any atom is -0.488 e. The maximum atomic E-state index is 13.4. The predicted octanol–water partition coefficient (Wildman–Crippen LogP) is 3.67. The van der Waals surface area contributed by atoms with Crippen molar-refractivity contribution < 1.29 is 31.5 Å². The second-order valence-electron chi connectivity index (χ2n) is 9.99. The summed E-state index contributed by atoms with van der Waals surface area (Å²) in [4.78, 5) is 15.0. The first-order valence-electron chi connectivity index (χ1n) is 12.8. The van der Waals surface area contributed by atoms with Crippen LogP contribution in [0.2, 0.25) is 5.02 Å². The summed E-state index contributed by atoms with van der Waals surface area (Å²) in [6.45, 7) is 3.50. The summed E-state index contributed by atoms with van der Waals surface area (Å²) >= 11 is 7.01. The van der Waals surface area contributed by atoms with Crippen molar-refractivity contribution in [1.82, 2.24) is 9.21 Å². The van der Waals surface area contributed by atoms with E-state index >= 15 is 0 Å². The Morgan fingerprint density at radius 1 is 1.17 bits per heavy atom. The highest BCUT2D eigenvalue weighted by Crippen LogP contribution is 2.31. The molecule has 1 aliphatic heterocycles. The SMILES string of the molecule is C[C@H]1CN([C@@H](C)CO)C(=O)Cc2cc(NS(=O)(=O)c3cccs3)ccc2O[C@@H]1CN(C)S(=O)(=O)c1ccc(Cl)cc1. The second-order valence-corrected chi connectivity index (χ2v) is 15.3. The van der Waals surface area contributed by atoms with E-state index in [9.17, 15) is 26.7 Å². The third-order valence-corrected chi connectivity index (χ3v) is 11.8. The second kappa shape index (κ2) is 12.7. The first kappa shape index (κ1) is 31.3. The Labute approximate surface area is 249 Å². The van der Waals surface area contributed by atoms with Crippen molar-refractivity contribution in [2.24, 2.45) is 5.92 Å². The summed E-state index contributed by atoms with van der Waals surface area (Å²) < 4.78 is 62.5. The van der Waals surface area contributed by atoms with Gasteiger partial charge in [0.2, 0.25) is 15.9 Å². The van der Waals surface area contributed by atoms with E-state index in [2.05, 4.69) is 4.72 Å². The molecule has 2 N–H and O–H groups in total. The van der Waals surface area contributed by atoms with Crippen LogP contribution in [0.5, 0.6) is 5.75 Å². The molecule has 4 rings (SSSR count). The van der Waals surface area contributed by atoms with E-state index in [0.29, 0.717) is 16.3 Å². The Bertz CT molecular complexity index is 1580. The zero-order chi connectivity index (χ0) is 29.9. The van der Waals surface area contributed by atoms with Gasteiger partial charge < -0.3 is 14.7 Å². The van der Waals surface area contributed by atoms with Crippen LogP contribution in [0, 0.1) is 5.92 Å². The highest BCUT2D eigenvalue weighted by molar-refractivity contribution is 7.94. The molecular weight excluding hydrogens is 610 g/mol. The molecule has 0 saturated heterocycles. The molecule has 3 aromatic rings. The number of amides is 1. The highest BCUT2D eigenvalue weighted by atomic mass is 35.5. The molecule has 0 unspecified atom stereocenters. The highest BCUT2D eigenvalue weighted by Gasteiger charge is 2.33. The largest absolute Gasteiger partial charge is 0.488 e. The van der Waals surface area contributed by atoms with Crippen molar-refractivity contribution in [2.75, 3.05) is 31.5 Å². The number of halogens is 1. The minimum absolute atomic E-state index is 0.0339. The van der Waals surface area contributed by atoms with Crippen molar-refractivity contribution >= 4 is 54.6 Å². The van der Waals surface area contributed by atoms with Crippen LogP contribution in [0.3, 0.4) is 0 Å². The molecule has 222 valence electrons. The number of fused-ring (bicyclic) bond motifs is 1. The van der Waals surface area contributed by atoms with Gasteiger partial charge in [0.25, 0.3) is 10.0 Å². The van der Waals surface area contributed by atoms with Crippen LogP contribution in [0.25, 0.3) is 0 Å². The van der Waals surface area contributed by atoms with Crippen LogP contribution < -0.4 is 9.46 Å². The maximum absolute atomic E-state index is 13.4. The van der Waals surface area contributed by atoms with E-state index in [-0.39, 0.29) is 52.7 Å². The summed E-state index contributed by atoms with van der Waals surface area (Å²) in [6, 6.07) is 13.2. The number of aliphatic hydroxyl groups excluding tert-OH is 1. The van der Waals surface area contributed by atoms with E-state index in [1.165, 1.54) is 47.8 Å². The van der Waals surface area contributed by atoms with Crippen LogP contribution in [0.1, 0.15) is 19.4 Å². The van der Waals surface area contributed by atoms with Gasteiger partial charge in [-0.3, -0.25) is 9.52 Å². The van der Waals surface area contributed by atoms with Crippen molar-refractivity contribution in [3.63, 3.8) is 0 Å². The number of sulfonamides is 2. The van der Waals surface area contributed by atoms with Gasteiger partial charge in [-0.2, -0.15) is 4.31 Å². The summed E-state index contributed by atoms with van der Waals surface area (Å²) in [7, 11) is -6.25. The number of likely N-dealkylation sites (N-methyl/N-ethyl adjacent to an activating group) is 1. The van der Waals surface area contributed by atoms with Gasteiger partial charge in [-0.05, 0) is 60.8 Å². The third-order valence-electron chi connectivity index (χ3n) is 6.89. The molecule has 3 atom stereocenters. The number of nitrogens with zero attached hydrogens (tertiary/aromatic N) is 2. The summed E-state index contributed by atoms with van der Waals surface area (Å²) in [5.74, 6) is -0.270. The molecule has 0 radical (unpaired) electrons. The quantitative estimate of drug-likeness (QED) is 0.364. The number of carbonyl (C=O) groups excluding carboxylic acids is 1. The van der Waals surface area contributed by atoms with Crippen molar-refractivity contribution in [1.29, 1.82) is 0 Å². The molecule has 0 fully saturated rings. The average Bonchev–Trinajstić information content (AvgIpc) is 3.49. The van der Waals surface area contributed by atoms with E-state index < -0.39 is 32.2 Å². The van der Waals surface area contributed by atoms with E-state index in [1.54, 1.807) is 35.4 Å². The number of hydrogen-bond acceptors (Lipinski definition) is 8. The number of aliphatic hydroxyl groups is 1. The van der Waals surface area contributed by atoms with Gasteiger partial charge in [0.15, 0.2) is 0 Å². The normalized spacial score (nSPS) is 19.1. The number of nitrogens with one attached hydrogen (secondary N) is 1. The molecule has 0 spiro atoms. The molecule has 41 heavy (non-hydrogen) atoms. The van der Waals surface area contributed by atoms with E-state index in [4.69, 9.17) is 16.3 Å². The lowest BCUT2D eigenvalue weighted by atomic mass is 10.0. The average molecular weight is 642 g/mol. The number of benzene rings is 2. The van der Waals surface area contributed by atoms with Crippen LogP contribution in [-0.2, 0) is 31.3 Å². The molecule has 14 heteroatoms. The number of thiophene rings is 1. The number of carbonyl (C=O) groups is 1. The third kappa shape index (κ3) is 7.22. The first-order chi connectivity index (χ1) is 19.3. The van der Waals surface area contributed by atoms with Gasteiger partial charge >= 0.3 is 0 Å². The zero-order valence-electron chi connectivity index (χ0n) is 22.7. The fourth-order valence-corrected chi connectivity index (χ4v) is 7.82. The number of anilines is 1. The Hall–Kier alpha value is -2.68. The van der Waals surface area contributed by atoms with Crippen molar-refractivity contribution in [3.05, 3.63) is 70.6 Å². The lowest BCUT2D eigenvalue weighted by Crippen LogP contribution is -2.48. The fraction of sp³-hybridized carbons (Fsp3) is 0.370. The summed E-state index contributed by atoms with van der Waals surface area (Å²) in [5.41, 5.74) is 0.681. The molecule has 2 aromatic carbocycles. The molecule has 0 bridgehead atoms. The molecule has 1 aromatic heterocycles.